The van der Waals surface area contributed by atoms with E-state index in [9.17, 15) is 8.42 Å². The average molecular weight is 317 g/mol. The highest BCUT2D eigenvalue weighted by atomic mass is 79.9. The van der Waals surface area contributed by atoms with Gasteiger partial charge in [-0.25, -0.2) is 8.42 Å². The molecular weight excluding hydrogens is 296 g/mol. The monoisotopic (exact) mass is 316 g/mol. The summed E-state index contributed by atoms with van der Waals surface area (Å²) in [5.74, 6) is 2.05. The summed E-state index contributed by atoms with van der Waals surface area (Å²) in [5, 5.41) is 0.999. The first-order chi connectivity index (χ1) is 6.89. The molecule has 0 bridgehead atoms. The zero-order chi connectivity index (χ0) is 11.9. The van der Waals surface area contributed by atoms with Crippen molar-refractivity contribution in [2.24, 2.45) is 5.41 Å². The van der Waals surface area contributed by atoms with Crippen LogP contribution >= 0.6 is 27.7 Å². The minimum absolute atomic E-state index is 0.295. The molecule has 0 atom stereocenters. The van der Waals surface area contributed by atoms with Crippen LogP contribution in [-0.4, -0.2) is 37.3 Å². The Balaban J connectivity index is 3.92. The van der Waals surface area contributed by atoms with E-state index < -0.39 is 9.84 Å². The standard InChI is InChI=1S/C10H21BrO2S2/c1-4-10(5-2,8-11)9-14-6-7-15(3,12)13/h4-9H2,1-3H3. The van der Waals surface area contributed by atoms with Crippen molar-refractivity contribution >= 4 is 37.5 Å². The van der Waals surface area contributed by atoms with E-state index in [-0.39, 0.29) is 0 Å². The topological polar surface area (TPSA) is 34.1 Å². The molecule has 5 heteroatoms. The summed E-state index contributed by atoms with van der Waals surface area (Å²) in [7, 11) is -2.79. The van der Waals surface area contributed by atoms with E-state index >= 15 is 0 Å². The van der Waals surface area contributed by atoms with Crippen molar-refractivity contribution < 1.29 is 8.42 Å². The molecule has 0 aliphatic heterocycles. The summed E-state index contributed by atoms with van der Waals surface area (Å²) in [6.07, 6.45) is 3.58. The lowest BCUT2D eigenvalue weighted by Crippen LogP contribution is -2.24. The van der Waals surface area contributed by atoms with Crippen LogP contribution in [0.1, 0.15) is 26.7 Å². The minimum atomic E-state index is -2.79. The fraction of sp³-hybridized carbons (Fsp3) is 1.00. The van der Waals surface area contributed by atoms with Crippen molar-refractivity contribution in [2.75, 3.05) is 28.8 Å². The molecule has 0 aromatic carbocycles. The van der Waals surface area contributed by atoms with Crippen LogP contribution in [0.4, 0.5) is 0 Å². The van der Waals surface area contributed by atoms with Crippen molar-refractivity contribution in [2.45, 2.75) is 26.7 Å². The van der Waals surface area contributed by atoms with Gasteiger partial charge < -0.3 is 0 Å². The van der Waals surface area contributed by atoms with Crippen molar-refractivity contribution in [3.8, 4) is 0 Å². The molecule has 92 valence electrons. The van der Waals surface area contributed by atoms with Crippen LogP contribution in [0.2, 0.25) is 0 Å². The predicted molar refractivity (Wildman–Crippen MR) is 73.8 cm³/mol. The third-order valence-electron chi connectivity index (χ3n) is 2.79. The summed E-state index contributed by atoms with van der Waals surface area (Å²) >= 11 is 5.31. The summed E-state index contributed by atoms with van der Waals surface area (Å²) in [4.78, 5) is 0. The Kier molecular flexibility index (Phi) is 7.55. The normalized spacial score (nSPS) is 13.1. The molecule has 0 aliphatic carbocycles. The first-order valence-electron chi connectivity index (χ1n) is 5.20. The van der Waals surface area contributed by atoms with E-state index in [4.69, 9.17) is 0 Å². The summed E-state index contributed by atoms with van der Waals surface area (Å²) in [6, 6.07) is 0. The lowest BCUT2D eigenvalue weighted by molar-refractivity contribution is 0.359. The van der Waals surface area contributed by atoms with Crippen LogP contribution in [-0.2, 0) is 9.84 Å². The van der Waals surface area contributed by atoms with Crippen molar-refractivity contribution in [1.29, 1.82) is 0 Å². The highest BCUT2D eigenvalue weighted by Crippen LogP contribution is 2.32. The smallest absolute Gasteiger partial charge is 0.148 e. The molecule has 0 amide bonds. The molecule has 0 heterocycles. The van der Waals surface area contributed by atoms with Crippen molar-refractivity contribution in [1.82, 2.24) is 0 Å². The first-order valence-corrected chi connectivity index (χ1v) is 9.54. The third kappa shape index (κ3) is 6.84. The summed E-state index contributed by atoms with van der Waals surface area (Å²) < 4.78 is 21.9. The van der Waals surface area contributed by atoms with Gasteiger partial charge in [0.15, 0.2) is 0 Å². The molecule has 0 aromatic rings. The van der Waals surface area contributed by atoms with Crippen LogP contribution < -0.4 is 0 Å². The Morgan fingerprint density at radius 1 is 1.27 bits per heavy atom. The number of hydrogen-bond donors (Lipinski definition) is 0. The molecule has 0 N–H and O–H groups in total. The number of halogens is 1. The van der Waals surface area contributed by atoms with Gasteiger partial charge >= 0.3 is 0 Å². The van der Waals surface area contributed by atoms with E-state index in [0.717, 1.165) is 23.9 Å². The lowest BCUT2D eigenvalue weighted by atomic mass is 9.87. The van der Waals surface area contributed by atoms with Gasteiger partial charge in [-0.3, -0.25) is 0 Å². The van der Waals surface area contributed by atoms with Gasteiger partial charge in [-0.2, -0.15) is 11.8 Å². The molecule has 0 aromatic heterocycles. The van der Waals surface area contributed by atoms with E-state index in [1.54, 1.807) is 11.8 Å². The van der Waals surface area contributed by atoms with Gasteiger partial charge in [-0.15, -0.1) is 0 Å². The van der Waals surface area contributed by atoms with Gasteiger partial charge in [-0.05, 0) is 24.0 Å². The SMILES string of the molecule is CCC(CC)(CBr)CSCCS(C)(=O)=O. The van der Waals surface area contributed by atoms with Gasteiger partial charge in [0.05, 0.1) is 5.75 Å². The Bertz CT molecular complexity index is 250. The predicted octanol–water partition coefficient (Wildman–Crippen LogP) is 2.97. The van der Waals surface area contributed by atoms with E-state index in [2.05, 4.69) is 29.8 Å². The molecule has 15 heavy (non-hydrogen) atoms. The molecule has 0 fully saturated rings. The lowest BCUT2D eigenvalue weighted by Gasteiger charge is -2.28. The average Bonchev–Trinajstić information content (AvgIpc) is 2.18. The molecule has 0 aliphatic rings. The Labute approximate surface area is 107 Å². The molecular formula is C10H21BrO2S2. The number of rotatable bonds is 8. The van der Waals surface area contributed by atoms with Crippen LogP contribution in [0.3, 0.4) is 0 Å². The maximum absolute atomic E-state index is 10.9. The number of thioether (sulfide) groups is 1. The Morgan fingerprint density at radius 3 is 2.13 bits per heavy atom. The van der Waals surface area contributed by atoms with Gasteiger partial charge in [-0.1, -0.05) is 29.8 Å². The van der Waals surface area contributed by atoms with E-state index in [1.807, 2.05) is 0 Å². The van der Waals surface area contributed by atoms with Gasteiger partial charge in [0.2, 0.25) is 0 Å². The van der Waals surface area contributed by atoms with Gasteiger partial charge in [0, 0.05) is 17.3 Å². The molecule has 0 saturated heterocycles. The molecule has 0 unspecified atom stereocenters. The number of sulfone groups is 1. The van der Waals surface area contributed by atoms with E-state index in [0.29, 0.717) is 16.9 Å². The molecule has 0 spiro atoms. The van der Waals surface area contributed by atoms with Crippen LogP contribution in [0, 0.1) is 5.41 Å². The van der Waals surface area contributed by atoms with Crippen LogP contribution in [0.25, 0.3) is 0 Å². The number of alkyl halides is 1. The van der Waals surface area contributed by atoms with E-state index in [1.165, 1.54) is 6.26 Å². The van der Waals surface area contributed by atoms with Gasteiger partial charge in [0.1, 0.15) is 9.84 Å². The molecule has 0 radical (unpaired) electrons. The fourth-order valence-corrected chi connectivity index (χ4v) is 5.20. The fourth-order valence-electron chi connectivity index (χ4n) is 1.18. The second-order valence-corrected chi connectivity index (χ2v) is 7.95. The zero-order valence-corrected chi connectivity index (χ0v) is 13.0. The quantitative estimate of drug-likeness (QED) is 0.510. The highest BCUT2D eigenvalue weighted by Gasteiger charge is 2.24. The third-order valence-corrected chi connectivity index (χ3v) is 6.49. The van der Waals surface area contributed by atoms with Crippen LogP contribution in [0.15, 0.2) is 0 Å². The van der Waals surface area contributed by atoms with Gasteiger partial charge in [0.25, 0.3) is 0 Å². The Hall–Kier alpha value is 0.780. The molecule has 2 nitrogen and oxygen atoms in total. The second-order valence-electron chi connectivity index (χ2n) is 4.02. The summed E-state index contributed by atoms with van der Waals surface area (Å²) in [5.41, 5.74) is 0.335. The maximum Gasteiger partial charge on any atom is 0.148 e. The molecule has 0 saturated carbocycles. The highest BCUT2D eigenvalue weighted by molar-refractivity contribution is 9.09. The van der Waals surface area contributed by atoms with Crippen molar-refractivity contribution in [3.05, 3.63) is 0 Å². The minimum Gasteiger partial charge on any atom is -0.229 e. The van der Waals surface area contributed by atoms with Crippen LogP contribution in [0.5, 0.6) is 0 Å². The largest absolute Gasteiger partial charge is 0.229 e. The first kappa shape index (κ1) is 15.8. The summed E-state index contributed by atoms with van der Waals surface area (Å²) in [6.45, 7) is 4.39. The Morgan fingerprint density at radius 2 is 1.80 bits per heavy atom. The van der Waals surface area contributed by atoms with Crippen molar-refractivity contribution in [3.63, 3.8) is 0 Å². The second kappa shape index (κ2) is 7.17. The zero-order valence-electron chi connectivity index (χ0n) is 9.75. The number of hydrogen-bond acceptors (Lipinski definition) is 3. The maximum atomic E-state index is 10.9. The molecule has 0 rings (SSSR count).